The molecule has 1 aliphatic heterocycles. The fourth-order valence-electron chi connectivity index (χ4n) is 2.75. The number of benzene rings is 1. The van der Waals surface area contributed by atoms with E-state index in [1.54, 1.807) is 0 Å². The van der Waals surface area contributed by atoms with E-state index in [0.29, 0.717) is 12.1 Å². The molecule has 1 fully saturated rings. The molecule has 0 bridgehead atoms. The van der Waals surface area contributed by atoms with Crippen molar-refractivity contribution in [1.82, 2.24) is 4.90 Å². The number of aryl methyl sites for hydroxylation is 2. The first-order valence-corrected chi connectivity index (χ1v) is 6.32. The van der Waals surface area contributed by atoms with Gasteiger partial charge >= 0.3 is 0 Å². The zero-order valence-corrected chi connectivity index (χ0v) is 10.5. The summed E-state index contributed by atoms with van der Waals surface area (Å²) in [5.74, 6) is 0.734. The highest BCUT2D eigenvalue weighted by molar-refractivity contribution is 5.81. The van der Waals surface area contributed by atoms with Crippen LogP contribution in [-0.2, 0) is 0 Å². The minimum absolute atomic E-state index is 0.364. The number of nitrogens with zero attached hydrogens (tertiary/aromatic N) is 2. The normalized spacial score (nSPS) is 24.0. The van der Waals surface area contributed by atoms with Gasteiger partial charge in [0.1, 0.15) is 0 Å². The molecule has 0 radical (unpaired) electrons. The van der Waals surface area contributed by atoms with Gasteiger partial charge in [-0.05, 0) is 37.8 Å². The van der Waals surface area contributed by atoms with Crippen LogP contribution in [-0.4, -0.2) is 23.4 Å². The molecule has 1 heterocycles. The van der Waals surface area contributed by atoms with Gasteiger partial charge in [-0.15, -0.1) is 0 Å². The monoisotopic (exact) mass is 229 g/mol. The van der Waals surface area contributed by atoms with Gasteiger partial charge in [-0.2, -0.15) is 0 Å². The van der Waals surface area contributed by atoms with Crippen molar-refractivity contribution in [3.8, 4) is 0 Å². The van der Waals surface area contributed by atoms with Gasteiger partial charge in [-0.3, -0.25) is 4.99 Å². The fourth-order valence-corrected chi connectivity index (χ4v) is 2.75. The molecule has 90 valence electrons. The summed E-state index contributed by atoms with van der Waals surface area (Å²) in [5.41, 5.74) is 10.1. The van der Waals surface area contributed by atoms with E-state index in [9.17, 15) is 0 Å². The Balaban J connectivity index is 1.93. The Morgan fingerprint density at radius 1 is 1.29 bits per heavy atom. The first-order chi connectivity index (χ1) is 8.16. The highest BCUT2D eigenvalue weighted by Crippen LogP contribution is 2.37. The molecule has 0 spiro atoms. The summed E-state index contributed by atoms with van der Waals surface area (Å²) in [6.07, 6.45) is 2.52. The van der Waals surface area contributed by atoms with Crippen LogP contribution >= 0.6 is 0 Å². The van der Waals surface area contributed by atoms with Gasteiger partial charge in [-0.1, -0.05) is 23.8 Å². The minimum atomic E-state index is 0.364. The molecule has 1 aromatic rings. The number of rotatable bonds is 2. The van der Waals surface area contributed by atoms with Crippen LogP contribution in [0.3, 0.4) is 0 Å². The third-order valence-electron chi connectivity index (χ3n) is 3.75. The molecule has 0 aromatic heterocycles. The molecule has 1 saturated carbocycles. The number of hydrogen-bond donors (Lipinski definition) is 1. The van der Waals surface area contributed by atoms with Crippen LogP contribution in [0.4, 0.5) is 0 Å². The van der Waals surface area contributed by atoms with Crippen LogP contribution < -0.4 is 5.73 Å². The molecule has 2 N–H and O–H groups in total. The van der Waals surface area contributed by atoms with E-state index in [1.165, 1.54) is 29.5 Å². The van der Waals surface area contributed by atoms with Crippen molar-refractivity contribution in [2.24, 2.45) is 10.7 Å². The molecular formula is C14H19N3. The lowest BCUT2D eigenvalue weighted by Gasteiger charge is -2.27. The number of hydrogen-bond acceptors (Lipinski definition) is 3. The third-order valence-corrected chi connectivity index (χ3v) is 3.75. The van der Waals surface area contributed by atoms with E-state index < -0.39 is 0 Å². The quantitative estimate of drug-likeness (QED) is 0.844. The molecule has 1 atom stereocenters. The van der Waals surface area contributed by atoms with Crippen molar-refractivity contribution in [1.29, 1.82) is 0 Å². The summed E-state index contributed by atoms with van der Waals surface area (Å²) in [7, 11) is 0. The molecule has 1 aromatic carbocycles. The van der Waals surface area contributed by atoms with Crippen LogP contribution in [0.2, 0.25) is 0 Å². The third kappa shape index (κ3) is 1.79. The Bertz CT molecular complexity index is 474. The van der Waals surface area contributed by atoms with Crippen molar-refractivity contribution in [2.45, 2.75) is 38.8 Å². The molecule has 0 saturated heterocycles. The maximum absolute atomic E-state index is 6.00. The highest BCUT2D eigenvalue weighted by Gasteiger charge is 2.39. The van der Waals surface area contributed by atoms with Crippen LogP contribution in [0, 0.1) is 13.8 Å². The van der Waals surface area contributed by atoms with E-state index in [-0.39, 0.29) is 0 Å². The van der Waals surface area contributed by atoms with E-state index in [2.05, 4.69) is 41.9 Å². The summed E-state index contributed by atoms with van der Waals surface area (Å²) < 4.78 is 0. The Hall–Kier alpha value is -1.51. The van der Waals surface area contributed by atoms with E-state index in [0.717, 1.165) is 12.5 Å². The van der Waals surface area contributed by atoms with E-state index in [1.807, 2.05) is 0 Å². The largest absolute Gasteiger partial charge is 0.370 e. The lowest BCUT2D eigenvalue weighted by Crippen LogP contribution is -2.38. The van der Waals surface area contributed by atoms with E-state index >= 15 is 0 Å². The predicted octanol–water partition coefficient (Wildman–Crippen LogP) is 2.14. The maximum atomic E-state index is 6.00. The molecular weight excluding hydrogens is 210 g/mol. The molecule has 0 amide bonds. The average molecular weight is 229 g/mol. The Morgan fingerprint density at radius 2 is 2.06 bits per heavy atom. The smallest absolute Gasteiger partial charge is 0.192 e. The molecule has 3 heteroatoms. The molecule has 3 rings (SSSR count). The lowest BCUT2D eigenvalue weighted by atomic mass is 9.98. The highest BCUT2D eigenvalue weighted by atomic mass is 15.4. The van der Waals surface area contributed by atoms with Crippen LogP contribution in [0.1, 0.15) is 35.6 Å². The Morgan fingerprint density at radius 3 is 2.71 bits per heavy atom. The van der Waals surface area contributed by atoms with Gasteiger partial charge in [0.2, 0.25) is 0 Å². The topological polar surface area (TPSA) is 41.6 Å². The first-order valence-electron chi connectivity index (χ1n) is 6.32. The van der Waals surface area contributed by atoms with Gasteiger partial charge in [0.15, 0.2) is 5.96 Å². The second-order valence-electron chi connectivity index (χ2n) is 5.21. The van der Waals surface area contributed by atoms with Crippen molar-refractivity contribution in [2.75, 3.05) is 6.54 Å². The fraction of sp³-hybridized carbons (Fsp3) is 0.500. The summed E-state index contributed by atoms with van der Waals surface area (Å²) >= 11 is 0. The zero-order valence-electron chi connectivity index (χ0n) is 10.5. The van der Waals surface area contributed by atoms with Crippen molar-refractivity contribution >= 4 is 5.96 Å². The molecule has 1 unspecified atom stereocenters. The van der Waals surface area contributed by atoms with Gasteiger partial charge in [0.05, 0.1) is 12.6 Å². The summed E-state index contributed by atoms with van der Waals surface area (Å²) in [6.45, 7) is 5.13. The number of nitrogens with two attached hydrogens (primary N) is 1. The van der Waals surface area contributed by atoms with Crippen LogP contribution in [0.15, 0.2) is 23.2 Å². The van der Waals surface area contributed by atoms with Crippen molar-refractivity contribution < 1.29 is 0 Å². The van der Waals surface area contributed by atoms with Gasteiger partial charge in [-0.25, -0.2) is 0 Å². The van der Waals surface area contributed by atoms with Gasteiger partial charge < -0.3 is 10.6 Å². The molecule has 1 aliphatic carbocycles. The predicted molar refractivity (Wildman–Crippen MR) is 70.0 cm³/mol. The summed E-state index contributed by atoms with van der Waals surface area (Å²) in [5, 5.41) is 0. The van der Waals surface area contributed by atoms with Crippen LogP contribution in [0.25, 0.3) is 0 Å². The lowest BCUT2D eigenvalue weighted by molar-refractivity contribution is 0.337. The first kappa shape index (κ1) is 10.6. The maximum Gasteiger partial charge on any atom is 0.192 e. The number of aliphatic imine (C=N–C) groups is 1. The van der Waals surface area contributed by atoms with Gasteiger partial charge in [0, 0.05) is 6.04 Å². The second kappa shape index (κ2) is 3.76. The van der Waals surface area contributed by atoms with Crippen molar-refractivity contribution in [3.63, 3.8) is 0 Å². The minimum Gasteiger partial charge on any atom is -0.370 e. The standard InChI is InChI=1S/C14H19N3/c1-9-3-6-12(10(2)7-9)13-8-16-14(15)17(13)11-4-5-11/h3,6-7,11,13H,4-5,8H2,1-2H3,(H2,15,16). The Kier molecular flexibility index (Phi) is 2.35. The zero-order chi connectivity index (χ0) is 12.0. The Labute approximate surface area is 102 Å². The summed E-state index contributed by atoms with van der Waals surface area (Å²) in [4.78, 5) is 6.74. The summed E-state index contributed by atoms with van der Waals surface area (Å²) in [6, 6.07) is 7.66. The van der Waals surface area contributed by atoms with Gasteiger partial charge in [0.25, 0.3) is 0 Å². The van der Waals surface area contributed by atoms with Crippen LogP contribution in [0.5, 0.6) is 0 Å². The SMILES string of the molecule is Cc1ccc(C2CN=C(N)N2C2CC2)c(C)c1. The molecule has 3 nitrogen and oxygen atoms in total. The number of guanidine groups is 1. The molecule has 2 aliphatic rings. The second-order valence-corrected chi connectivity index (χ2v) is 5.21. The average Bonchev–Trinajstić information content (AvgIpc) is 3.03. The molecule has 17 heavy (non-hydrogen) atoms. The van der Waals surface area contributed by atoms with Crippen molar-refractivity contribution in [3.05, 3.63) is 34.9 Å². The van der Waals surface area contributed by atoms with E-state index in [4.69, 9.17) is 5.73 Å².